The van der Waals surface area contributed by atoms with E-state index >= 15 is 0 Å². The molecular weight excluding hydrogens is 236 g/mol. The molecule has 1 aromatic carbocycles. The number of hydrogen-bond acceptors (Lipinski definition) is 4. The van der Waals surface area contributed by atoms with Crippen LogP contribution in [0.25, 0.3) is 0 Å². The molecule has 5 nitrogen and oxygen atoms in total. The number of hydrogen-bond donors (Lipinski definition) is 1. The first kappa shape index (κ1) is 14.2. The van der Waals surface area contributed by atoms with Gasteiger partial charge in [-0.05, 0) is 31.5 Å². The van der Waals surface area contributed by atoms with Crippen LogP contribution >= 0.6 is 0 Å². The molecule has 0 fully saturated rings. The van der Waals surface area contributed by atoms with E-state index < -0.39 is 11.9 Å². The number of ether oxygens (including phenoxy) is 2. The Morgan fingerprint density at radius 2 is 2.06 bits per heavy atom. The molecule has 18 heavy (non-hydrogen) atoms. The third kappa shape index (κ3) is 4.97. The van der Waals surface area contributed by atoms with Crippen LogP contribution in [0, 0.1) is 0 Å². The van der Waals surface area contributed by atoms with Gasteiger partial charge in [0.25, 0.3) is 0 Å². The molecule has 0 unspecified atom stereocenters. The van der Waals surface area contributed by atoms with Crippen molar-refractivity contribution in [2.45, 2.75) is 26.6 Å². The van der Waals surface area contributed by atoms with E-state index in [1.807, 2.05) is 0 Å². The van der Waals surface area contributed by atoms with Gasteiger partial charge in [-0.2, -0.15) is 0 Å². The van der Waals surface area contributed by atoms with Crippen molar-refractivity contribution in [1.82, 2.24) is 0 Å². The average Bonchev–Trinajstić information content (AvgIpc) is 2.28. The normalized spacial score (nSPS) is 10.4. The first-order valence-corrected chi connectivity index (χ1v) is 5.58. The number of benzene rings is 1. The summed E-state index contributed by atoms with van der Waals surface area (Å²) in [6.07, 6.45) is -0.176. The molecule has 0 radical (unpaired) electrons. The molecular formula is C13H16O5. The Kier molecular flexibility index (Phi) is 5.32. The summed E-state index contributed by atoms with van der Waals surface area (Å²) in [6.45, 7) is 3.34. The summed E-state index contributed by atoms with van der Waals surface area (Å²) >= 11 is 0. The average molecular weight is 252 g/mol. The van der Waals surface area contributed by atoms with Gasteiger partial charge in [0, 0.05) is 0 Å². The summed E-state index contributed by atoms with van der Waals surface area (Å²) in [4.78, 5) is 21.9. The van der Waals surface area contributed by atoms with Crippen LogP contribution in [0.5, 0.6) is 0 Å². The van der Waals surface area contributed by atoms with Crippen LogP contribution in [0.2, 0.25) is 0 Å². The Morgan fingerprint density at radius 3 is 2.67 bits per heavy atom. The van der Waals surface area contributed by atoms with Crippen LogP contribution in [-0.2, 0) is 20.9 Å². The Balaban J connectivity index is 2.61. The fourth-order valence-corrected chi connectivity index (χ4v) is 1.33. The lowest BCUT2D eigenvalue weighted by atomic mass is 10.1. The molecule has 0 amide bonds. The van der Waals surface area contributed by atoms with Crippen molar-refractivity contribution in [2.75, 3.05) is 6.61 Å². The molecule has 0 atom stereocenters. The van der Waals surface area contributed by atoms with Gasteiger partial charge in [-0.15, -0.1) is 0 Å². The van der Waals surface area contributed by atoms with Gasteiger partial charge < -0.3 is 14.6 Å². The zero-order chi connectivity index (χ0) is 13.5. The molecule has 0 aliphatic heterocycles. The molecule has 0 aliphatic rings. The first-order chi connectivity index (χ1) is 8.49. The zero-order valence-electron chi connectivity index (χ0n) is 10.4. The number of esters is 1. The van der Waals surface area contributed by atoms with E-state index in [0.29, 0.717) is 5.56 Å². The minimum absolute atomic E-state index is 0.148. The molecule has 0 bridgehead atoms. The highest BCUT2D eigenvalue weighted by Gasteiger charge is 2.09. The second-order valence-electron chi connectivity index (χ2n) is 4.04. The summed E-state index contributed by atoms with van der Waals surface area (Å²) < 4.78 is 10.0. The molecule has 0 aliphatic carbocycles. The van der Waals surface area contributed by atoms with Crippen LogP contribution in [0.4, 0.5) is 0 Å². The van der Waals surface area contributed by atoms with Crippen molar-refractivity contribution in [3.05, 3.63) is 35.4 Å². The molecule has 1 rings (SSSR count). The lowest BCUT2D eigenvalue weighted by molar-refractivity contribution is -0.142. The van der Waals surface area contributed by atoms with Gasteiger partial charge in [0.05, 0.1) is 18.3 Å². The highest BCUT2D eigenvalue weighted by Crippen LogP contribution is 2.09. The second kappa shape index (κ2) is 6.76. The van der Waals surface area contributed by atoms with Crippen LogP contribution in [0.1, 0.15) is 29.8 Å². The van der Waals surface area contributed by atoms with E-state index in [1.165, 1.54) is 0 Å². The first-order valence-electron chi connectivity index (χ1n) is 5.58. The predicted octanol–water partition coefficient (Wildman–Crippen LogP) is 1.85. The molecule has 98 valence electrons. The Morgan fingerprint density at radius 1 is 1.33 bits per heavy atom. The van der Waals surface area contributed by atoms with E-state index in [-0.39, 0.29) is 19.3 Å². The van der Waals surface area contributed by atoms with Gasteiger partial charge in [0.2, 0.25) is 0 Å². The molecule has 0 saturated heterocycles. The third-order valence-corrected chi connectivity index (χ3v) is 2.00. The van der Waals surface area contributed by atoms with Gasteiger partial charge in [0.1, 0.15) is 6.61 Å². The molecule has 0 saturated carbocycles. The third-order valence-electron chi connectivity index (χ3n) is 2.00. The number of carbonyl (C=O) groups excluding carboxylic acids is 1. The Bertz CT molecular complexity index is 425. The Labute approximate surface area is 105 Å². The quantitative estimate of drug-likeness (QED) is 0.782. The van der Waals surface area contributed by atoms with Gasteiger partial charge in [-0.3, -0.25) is 0 Å². The second-order valence-corrected chi connectivity index (χ2v) is 4.04. The van der Waals surface area contributed by atoms with Crippen molar-refractivity contribution in [3.63, 3.8) is 0 Å². The highest BCUT2D eigenvalue weighted by atomic mass is 16.5. The highest BCUT2D eigenvalue weighted by molar-refractivity contribution is 5.89. The fourth-order valence-electron chi connectivity index (χ4n) is 1.33. The molecule has 0 heterocycles. The van der Waals surface area contributed by atoms with E-state index in [4.69, 9.17) is 14.6 Å². The van der Waals surface area contributed by atoms with Crippen molar-refractivity contribution < 1.29 is 24.2 Å². The molecule has 1 N–H and O–H groups in total. The molecule has 5 heteroatoms. The van der Waals surface area contributed by atoms with E-state index in [9.17, 15) is 9.59 Å². The van der Waals surface area contributed by atoms with Crippen molar-refractivity contribution in [2.24, 2.45) is 0 Å². The maximum Gasteiger partial charge on any atom is 0.338 e. The van der Waals surface area contributed by atoms with E-state index in [0.717, 1.165) is 5.56 Å². The lowest BCUT2D eigenvalue weighted by Gasteiger charge is -2.09. The molecule has 1 aromatic rings. The maximum atomic E-state index is 11.6. The summed E-state index contributed by atoms with van der Waals surface area (Å²) in [7, 11) is 0. The van der Waals surface area contributed by atoms with Gasteiger partial charge in [-0.25, -0.2) is 9.59 Å². The molecule has 0 spiro atoms. The number of carboxylic acids is 1. The number of rotatable bonds is 6. The van der Waals surface area contributed by atoms with Crippen molar-refractivity contribution in [1.29, 1.82) is 0 Å². The minimum Gasteiger partial charge on any atom is -0.480 e. The summed E-state index contributed by atoms with van der Waals surface area (Å²) in [5.41, 5.74) is 1.16. The van der Waals surface area contributed by atoms with E-state index in [1.54, 1.807) is 38.1 Å². The SMILES string of the molecule is CC(C)OC(=O)c1cccc(COCC(=O)O)c1. The van der Waals surface area contributed by atoms with Crippen molar-refractivity contribution >= 4 is 11.9 Å². The zero-order valence-corrected chi connectivity index (χ0v) is 10.4. The smallest absolute Gasteiger partial charge is 0.338 e. The number of carbonyl (C=O) groups is 2. The number of aliphatic carboxylic acids is 1. The van der Waals surface area contributed by atoms with Gasteiger partial charge >= 0.3 is 11.9 Å². The van der Waals surface area contributed by atoms with Crippen LogP contribution in [0.15, 0.2) is 24.3 Å². The summed E-state index contributed by atoms with van der Waals surface area (Å²) in [6, 6.07) is 6.74. The van der Waals surface area contributed by atoms with Crippen LogP contribution in [0.3, 0.4) is 0 Å². The van der Waals surface area contributed by atoms with Gasteiger partial charge in [0.15, 0.2) is 0 Å². The predicted molar refractivity (Wildman–Crippen MR) is 64.3 cm³/mol. The van der Waals surface area contributed by atoms with Crippen LogP contribution in [-0.4, -0.2) is 29.8 Å². The van der Waals surface area contributed by atoms with Gasteiger partial charge in [-0.1, -0.05) is 12.1 Å². The molecule has 0 aromatic heterocycles. The van der Waals surface area contributed by atoms with E-state index in [2.05, 4.69) is 0 Å². The summed E-state index contributed by atoms with van der Waals surface area (Å²) in [5.74, 6) is -1.42. The topological polar surface area (TPSA) is 72.8 Å². The van der Waals surface area contributed by atoms with Crippen LogP contribution < -0.4 is 0 Å². The standard InChI is InChI=1S/C13H16O5/c1-9(2)18-13(16)11-5-3-4-10(6-11)7-17-8-12(14)15/h3-6,9H,7-8H2,1-2H3,(H,14,15). The minimum atomic E-state index is -1.02. The number of carboxylic acid groups (broad SMARTS) is 1. The lowest BCUT2D eigenvalue weighted by Crippen LogP contribution is -2.12. The monoisotopic (exact) mass is 252 g/mol. The largest absolute Gasteiger partial charge is 0.480 e. The van der Waals surface area contributed by atoms with Crippen molar-refractivity contribution in [3.8, 4) is 0 Å². The Hall–Kier alpha value is -1.88. The fraction of sp³-hybridized carbons (Fsp3) is 0.385. The summed E-state index contributed by atoms with van der Waals surface area (Å²) in [5, 5.41) is 8.43. The maximum absolute atomic E-state index is 11.6.